The van der Waals surface area contributed by atoms with E-state index >= 15 is 0 Å². The lowest BCUT2D eigenvalue weighted by Crippen LogP contribution is -2.39. The van der Waals surface area contributed by atoms with Gasteiger partial charge in [0.25, 0.3) is 0 Å². The normalized spacial score (nSPS) is 20.3. The van der Waals surface area contributed by atoms with Crippen LogP contribution in [0.5, 0.6) is 0 Å². The first kappa shape index (κ1) is 16.0. The average Bonchev–Trinajstić information content (AvgIpc) is 2.59. The van der Waals surface area contributed by atoms with Crippen molar-refractivity contribution in [2.24, 2.45) is 0 Å². The van der Waals surface area contributed by atoms with Gasteiger partial charge in [0.1, 0.15) is 12.6 Å². The fraction of sp³-hybridized carbons (Fsp3) is 0.500. The highest BCUT2D eigenvalue weighted by molar-refractivity contribution is 7.14. The minimum Gasteiger partial charge on any atom is -0.459 e. The molecule has 0 aromatic heterocycles. The van der Waals surface area contributed by atoms with Crippen LogP contribution >= 0.6 is 9.39 Å². The Labute approximate surface area is 128 Å². The zero-order chi connectivity index (χ0) is 15.1. The lowest BCUT2D eigenvalue weighted by atomic mass is 10.1. The van der Waals surface area contributed by atoms with E-state index in [2.05, 4.69) is 9.39 Å². The van der Waals surface area contributed by atoms with Crippen LogP contribution in [0.25, 0.3) is 0 Å². The first-order valence-corrected chi connectivity index (χ1v) is 7.97. The third-order valence-corrected chi connectivity index (χ3v) is 4.39. The maximum absolute atomic E-state index is 12.3. The van der Waals surface area contributed by atoms with Crippen molar-refractivity contribution in [3.63, 3.8) is 0 Å². The van der Waals surface area contributed by atoms with Crippen molar-refractivity contribution in [2.75, 3.05) is 0 Å². The van der Waals surface area contributed by atoms with Crippen LogP contribution in [0.15, 0.2) is 30.3 Å². The number of ether oxygens (including phenoxy) is 1. The molecule has 0 radical (unpaired) electrons. The van der Waals surface area contributed by atoms with Crippen molar-refractivity contribution in [3.8, 4) is 0 Å². The molecule has 21 heavy (non-hydrogen) atoms. The maximum Gasteiger partial charge on any atom is 0.329 e. The molecule has 1 aromatic rings. The van der Waals surface area contributed by atoms with Crippen molar-refractivity contribution in [1.82, 2.24) is 4.67 Å². The summed E-state index contributed by atoms with van der Waals surface area (Å²) < 4.78 is 6.86. The number of esters is 1. The average molecular weight is 307 g/mol. The second-order valence-electron chi connectivity index (χ2n) is 5.36. The van der Waals surface area contributed by atoms with E-state index < -0.39 is 6.04 Å². The van der Waals surface area contributed by atoms with Gasteiger partial charge in [0.05, 0.1) is 0 Å². The van der Waals surface area contributed by atoms with Gasteiger partial charge >= 0.3 is 5.97 Å². The SMILES string of the molecule is O=C(OCc1ccccc1)C1CCCCCCC(=O)N1P. The smallest absolute Gasteiger partial charge is 0.329 e. The van der Waals surface area contributed by atoms with Crippen LogP contribution in [0, 0.1) is 0 Å². The topological polar surface area (TPSA) is 46.6 Å². The van der Waals surface area contributed by atoms with Gasteiger partial charge in [0, 0.05) is 6.42 Å². The Bertz CT molecular complexity index is 478. The molecule has 1 amide bonds. The summed E-state index contributed by atoms with van der Waals surface area (Å²) in [6.45, 7) is 0.253. The fourth-order valence-corrected chi connectivity index (χ4v) is 2.87. The highest BCUT2D eigenvalue weighted by Crippen LogP contribution is 2.21. The van der Waals surface area contributed by atoms with E-state index in [0.717, 1.165) is 31.2 Å². The van der Waals surface area contributed by atoms with E-state index in [1.807, 2.05) is 30.3 Å². The van der Waals surface area contributed by atoms with Gasteiger partial charge in [-0.1, -0.05) is 49.6 Å². The first-order valence-electron chi connectivity index (χ1n) is 7.46. The van der Waals surface area contributed by atoms with E-state index in [0.29, 0.717) is 12.8 Å². The van der Waals surface area contributed by atoms with E-state index in [4.69, 9.17) is 4.74 Å². The molecular weight excluding hydrogens is 285 g/mol. The zero-order valence-electron chi connectivity index (χ0n) is 12.2. The number of hydrogen-bond acceptors (Lipinski definition) is 3. The van der Waals surface area contributed by atoms with Gasteiger partial charge in [-0.3, -0.25) is 4.79 Å². The molecule has 0 saturated carbocycles. The number of carbonyl (C=O) groups excluding carboxylic acids is 2. The number of nitrogens with zero attached hydrogens (tertiary/aromatic N) is 1. The number of carbonyl (C=O) groups is 2. The first-order chi connectivity index (χ1) is 10.2. The van der Waals surface area contributed by atoms with Crippen molar-refractivity contribution in [1.29, 1.82) is 0 Å². The Morgan fingerprint density at radius 2 is 1.90 bits per heavy atom. The Kier molecular flexibility index (Phi) is 6.19. The standard InChI is InChI=1S/C16H22NO3P/c18-15-11-7-2-1-6-10-14(17(15)21)16(19)20-12-13-8-4-3-5-9-13/h3-5,8-9,14H,1-2,6-7,10-12,21H2. The molecule has 5 heteroatoms. The molecule has 114 valence electrons. The van der Waals surface area contributed by atoms with Crippen LogP contribution < -0.4 is 0 Å². The highest BCUT2D eigenvalue weighted by Gasteiger charge is 2.28. The zero-order valence-corrected chi connectivity index (χ0v) is 13.3. The summed E-state index contributed by atoms with van der Waals surface area (Å²) in [5.41, 5.74) is 0.954. The minimum atomic E-state index is -0.482. The van der Waals surface area contributed by atoms with Crippen LogP contribution in [0.2, 0.25) is 0 Å². The fourth-order valence-electron chi connectivity index (χ4n) is 2.47. The molecule has 1 heterocycles. The number of rotatable bonds is 3. The summed E-state index contributed by atoms with van der Waals surface area (Å²) in [5, 5.41) is 0. The largest absolute Gasteiger partial charge is 0.459 e. The molecule has 2 atom stereocenters. The molecule has 1 aromatic carbocycles. The molecule has 0 aliphatic carbocycles. The Morgan fingerprint density at radius 3 is 2.67 bits per heavy atom. The van der Waals surface area contributed by atoms with Gasteiger partial charge in [0.15, 0.2) is 0 Å². The summed E-state index contributed by atoms with van der Waals surface area (Å²) in [6.07, 6.45) is 5.14. The summed E-state index contributed by atoms with van der Waals surface area (Å²) in [4.78, 5) is 24.3. The summed E-state index contributed by atoms with van der Waals surface area (Å²) >= 11 is 0. The van der Waals surface area contributed by atoms with Crippen molar-refractivity contribution < 1.29 is 14.3 Å². The Hall–Kier alpha value is -1.41. The van der Waals surface area contributed by atoms with Gasteiger partial charge in [-0.2, -0.15) is 0 Å². The van der Waals surface area contributed by atoms with Crippen molar-refractivity contribution in [3.05, 3.63) is 35.9 Å². The van der Waals surface area contributed by atoms with Crippen LogP contribution in [-0.2, 0) is 20.9 Å². The molecule has 2 rings (SSSR count). The molecular formula is C16H22NO3P. The molecule has 2 unspecified atom stereocenters. The van der Waals surface area contributed by atoms with Crippen LogP contribution in [0.4, 0.5) is 0 Å². The number of benzene rings is 1. The van der Waals surface area contributed by atoms with Gasteiger partial charge in [0.2, 0.25) is 5.91 Å². The predicted octanol–water partition coefficient (Wildman–Crippen LogP) is 3.07. The molecule has 4 nitrogen and oxygen atoms in total. The molecule has 0 N–H and O–H groups in total. The van der Waals surface area contributed by atoms with E-state index in [1.54, 1.807) is 0 Å². The predicted molar refractivity (Wildman–Crippen MR) is 84.3 cm³/mol. The van der Waals surface area contributed by atoms with Crippen LogP contribution in [0.1, 0.15) is 44.1 Å². The molecule has 1 fully saturated rings. The van der Waals surface area contributed by atoms with Crippen molar-refractivity contribution >= 4 is 21.3 Å². The Balaban J connectivity index is 1.95. The van der Waals surface area contributed by atoms with Crippen molar-refractivity contribution in [2.45, 2.75) is 51.2 Å². The third kappa shape index (κ3) is 4.82. The summed E-state index contributed by atoms with van der Waals surface area (Å²) in [7, 11) is 2.39. The van der Waals surface area contributed by atoms with Crippen LogP contribution in [-0.4, -0.2) is 22.6 Å². The number of amides is 1. The quantitative estimate of drug-likeness (QED) is 0.637. The maximum atomic E-state index is 12.3. The second-order valence-corrected chi connectivity index (χ2v) is 5.92. The Morgan fingerprint density at radius 1 is 1.19 bits per heavy atom. The summed E-state index contributed by atoms with van der Waals surface area (Å²) in [6, 6.07) is 9.10. The third-order valence-electron chi connectivity index (χ3n) is 3.74. The van der Waals surface area contributed by atoms with E-state index in [-0.39, 0.29) is 18.5 Å². The molecule has 0 bridgehead atoms. The van der Waals surface area contributed by atoms with Gasteiger partial charge in [-0.25, -0.2) is 4.79 Å². The highest BCUT2D eigenvalue weighted by atomic mass is 31.0. The van der Waals surface area contributed by atoms with Crippen LogP contribution in [0.3, 0.4) is 0 Å². The van der Waals surface area contributed by atoms with Gasteiger partial charge in [-0.05, 0) is 27.8 Å². The minimum absolute atomic E-state index is 0.00330. The lowest BCUT2D eigenvalue weighted by Gasteiger charge is -2.25. The lowest BCUT2D eigenvalue weighted by molar-refractivity contribution is -0.152. The molecule has 0 spiro atoms. The van der Waals surface area contributed by atoms with Gasteiger partial charge < -0.3 is 9.41 Å². The number of hydrogen-bond donors (Lipinski definition) is 0. The molecule has 1 aliphatic rings. The van der Waals surface area contributed by atoms with Gasteiger partial charge in [-0.15, -0.1) is 0 Å². The monoisotopic (exact) mass is 307 g/mol. The summed E-state index contributed by atoms with van der Waals surface area (Å²) in [5.74, 6) is -0.312. The van der Waals surface area contributed by atoms with E-state index in [9.17, 15) is 9.59 Å². The van der Waals surface area contributed by atoms with E-state index in [1.165, 1.54) is 4.67 Å². The second kappa shape index (κ2) is 8.14. The molecule has 1 aliphatic heterocycles. The molecule has 1 saturated heterocycles.